The van der Waals surface area contributed by atoms with Gasteiger partial charge in [0.1, 0.15) is 12.4 Å². The van der Waals surface area contributed by atoms with Crippen molar-refractivity contribution >= 4 is 15.9 Å². The minimum absolute atomic E-state index is 0.136. The summed E-state index contributed by atoms with van der Waals surface area (Å²) in [5.41, 5.74) is 5.99. The van der Waals surface area contributed by atoms with Crippen molar-refractivity contribution in [3.05, 3.63) is 28.2 Å². The minimum atomic E-state index is -4.68. The Morgan fingerprint density at radius 2 is 2.06 bits per heavy atom. The predicted octanol–water partition coefficient (Wildman–Crippen LogP) is 2.21. The summed E-state index contributed by atoms with van der Waals surface area (Å²) in [6.07, 6.45) is -7.19. The molecule has 0 heterocycles. The van der Waals surface area contributed by atoms with Gasteiger partial charge in [0.15, 0.2) is 6.10 Å². The van der Waals surface area contributed by atoms with Gasteiger partial charge in [0.2, 0.25) is 0 Å². The van der Waals surface area contributed by atoms with Crippen LogP contribution in [0.15, 0.2) is 22.7 Å². The van der Waals surface area contributed by atoms with Crippen LogP contribution in [0, 0.1) is 0 Å². The van der Waals surface area contributed by atoms with E-state index >= 15 is 0 Å². The molecule has 3 N–H and O–H groups in total. The highest BCUT2D eigenvalue weighted by atomic mass is 79.9. The Hall–Kier alpha value is -0.790. The maximum Gasteiger partial charge on any atom is 0.417 e. The molecule has 0 aromatic heterocycles. The fourth-order valence-electron chi connectivity index (χ4n) is 1.11. The average molecular weight is 314 g/mol. The van der Waals surface area contributed by atoms with Gasteiger partial charge in [-0.2, -0.15) is 13.2 Å². The van der Waals surface area contributed by atoms with Gasteiger partial charge in [-0.15, -0.1) is 0 Å². The normalized spacial score (nSPS) is 13.5. The molecule has 0 spiro atoms. The third-order valence-electron chi connectivity index (χ3n) is 2.02. The molecule has 7 heteroatoms. The van der Waals surface area contributed by atoms with E-state index in [2.05, 4.69) is 15.9 Å². The largest absolute Gasteiger partial charge is 0.490 e. The van der Waals surface area contributed by atoms with Gasteiger partial charge < -0.3 is 15.6 Å². The Morgan fingerprint density at radius 1 is 1.41 bits per heavy atom. The fraction of sp³-hybridized carbons (Fsp3) is 0.400. The molecule has 3 nitrogen and oxygen atoms in total. The summed E-state index contributed by atoms with van der Waals surface area (Å²) in [5, 5.41) is 8.77. The summed E-state index contributed by atoms with van der Waals surface area (Å²) in [6, 6.07) is 4.76. The van der Waals surface area contributed by atoms with E-state index in [1.165, 1.54) is 6.07 Å². The van der Waals surface area contributed by atoms with E-state index in [-0.39, 0.29) is 12.3 Å². The number of aliphatic hydroxyl groups is 1. The molecule has 0 radical (unpaired) electrons. The second kappa shape index (κ2) is 5.70. The number of nitrogens with two attached hydrogens (primary N) is 1. The van der Waals surface area contributed by atoms with Crippen LogP contribution in [0.3, 0.4) is 0 Å². The quantitative estimate of drug-likeness (QED) is 0.896. The van der Waals surface area contributed by atoms with Crippen molar-refractivity contribution in [3.8, 4) is 5.75 Å². The van der Waals surface area contributed by atoms with Crippen LogP contribution in [0.25, 0.3) is 0 Å². The second-order valence-electron chi connectivity index (χ2n) is 3.32. The van der Waals surface area contributed by atoms with E-state index in [1.54, 1.807) is 12.1 Å². The Bertz CT molecular complexity index is 384. The molecule has 0 aliphatic carbocycles. The van der Waals surface area contributed by atoms with Gasteiger partial charge in [-0.1, -0.05) is 15.9 Å². The average Bonchev–Trinajstić information content (AvgIpc) is 2.25. The third kappa shape index (κ3) is 4.18. The van der Waals surface area contributed by atoms with Gasteiger partial charge in [-0.3, -0.25) is 0 Å². The highest BCUT2D eigenvalue weighted by molar-refractivity contribution is 9.10. The topological polar surface area (TPSA) is 55.5 Å². The van der Waals surface area contributed by atoms with E-state index in [0.29, 0.717) is 5.56 Å². The van der Waals surface area contributed by atoms with Gasteiger partial charge in [0, 0.05) is 16.6 Å². The van der Waals surface area contributed by atoms with Crippen molar-refractivity contribution in [1.82, 2.24) is 0 Å². The van der Waals surface area contributed by atoms with Crippen LogP contribution in [0.2, 0.25) is 0 Å². The molecule has 0 fully saturated rings. The highest BCUT2D eigenvalue weighted by Gasteiger charge is 2.38. The number of hydrogen-bond donors (Lipinski definition) is 2. The second-order valence-corrected chi connectivity index (χ2v) is 4.24. The number of benzene rings is 1. The van der Waals surface area contributed by atoms with Crippen molar-refractivity contribution in [2.24, 2.45) is 5.73 Å². The lowest BCUT2D eigenvalue weighted by Gasteiger charge is -2.16. The molecule has 0 saturated heterocycles. The van der Waals surface area contributed by atoms with Crippen LogP contribution in [0.4, 0.5) is 13.2 Å². The molecule has 0 saturated carbocycles. The first-order valence-corrected chi connectivity index (χ1v) is 5.50. The zero-order chi connectivity index (χ0) is 13.1. The van der Waals surface area contributed by atoms with Gasteiger partial charge >= 0.3 is 6.18 Å². The standard InChI is InChI=1S/C10H11BrF3NO2/c11-7-1-2-8(6(3-7)4-15)17-5-9(16)10(12,13)14/h1-3,9,16H,4-5,15H2. The lowest BCUT2D eigenvalue weighted by atomic mass is 10.2. The summed E-state index contributed by atoms with van der Waals surface area (Å²) in [7, 11) is 0. The molecule has 0 aliphatic heterocycles. The van der Waals surface area contributed by atoms with E-state index < -0.39 is 18.9 Å². The maximum absolute atomic E-state index is 12.0. The summed E-state index contributed by atoms with van der Waals surface area (Å²) in [5.74, 6) is 0.235. The van der Waals surface area contributed by atoms with Crippen LogP contribution < -0.4 is 10.5 Å². The zero-order valence-corrected chi connectivity index (χ0v) is 10.3. The number of ether oxygens (including phenoxy) is 1. The van der Waals surface area contributed by atoms with Crippen LogP contribution >= 0.6 is 15.9 Å². The van der Waals surface area contributed by atoms with E-state index in [9.17, 15) is 13.2 Å². The maximum atomic E-state index is 12.0. The Balaban J connectivity index is 2.69. The van der Waals surface area contributed by atoms with Crippen LogP contribution in [0.1, 0.15) is 5.56 Å². The number of halogens is 4. The Morgan fingerprint density at radius 3 is 2.59 bits per heavy atom. The van der Waals surface area contributed by atoms with Gasteiger partial charge in [0.25, 0.3) is 0 Å². The molecular formula is C10H11BrF3NO2. The number of alkyl halides is 3. The summed E-state index contributed by atoms with van der Waals surface area (Å²) in [4.78, 5) is 0. The molecule has 1 aromatic carbocycles. The monoisotopic (exact) mass is 313 g/mol. The first kappa shape index (κ1) is 14.3. The highest BCUT2D eigenvalue weighted by Crippen LogP contribution is 2.25. The molecule has 1 unspecified atom stereocenters. The molecule has 1 atom stereocenters. The molecule has 0 aliphatic rings. The van der Waals surface area contributed by atoms with Crippen molar-refractivity contribution < 1.29 is 23.0 Å². The molecule has 0 bridgehead atoms. The van der Waals surface area contributed by atoms with Gasteiger partial charge in [-0.25, -0.2) is 0 Å². The molecule has 17 heavy (non-hydrogen) atoms. The van der Waals surface area contributed by atoms with Gasteiger partial charge in [0.05, 0.1) is 0 Å². The zero-order valence-electron chi connectivity index (χ0n) is 8.67. The number of aliphatic hydroxyl groups excluding tert-OH is 1. The third-order valence-corrected chi connectivity index (χ3v) is 2.51. The fourth-order valence-corrected chi connectivity index (χ4v) is 1.52. The van der Waals surface area contributed by atoms with Crippen LogP contribution in [-0.4, -0.2) is 24.0 Å². The SMILES string of the molecule is NCc1cc(Br)ccc1OCC(O)C(F)(F)F. The first-order chi connectivity index (χ1) is 7.84. The van der Waals surface area contributed by atoms with E-state index in [4.69, 9.17) is 15.6 Å². The molecule has 1 rings (SSSR count). The van der Waals surface area contributed by atoms with Crippen LogP contribution in [-0.2, 0) is 6.54 Å². The lowest BCUT2D eigenvalue weighted by molar-refractivity contribution is -0.210. The first-order valence-electron chi connectivity index (χ1n) is 4.70. The summed E-state index contributed by atoms with van der Waals surface area (Å²) >= 11 is 3.21. The van der Waals surface area contributed by atoms with E-state index in [1.807, 2.05) is 0 Å². The van der Waals surface area contributed by atoms with Crippen molar-refractivity contribution in [3.63, 3.8) is 0 Å². The van der Waals surface area contributed by atoms with Crippen LogP contribution in [0.5, 0.6) is 5.75 Å². The molecule has 96 valence electrons. The summed E-state index contributed by atoms with van der Waals surface area (Å²) in [6.45, 7) is -0.713. The molecule has 1 aromatic rings. The van der Waals surface area contributed by atoms with Crippen molar-refractivity contribution in [2.45, 2.75) is 18.8 Å². The van der Waals surface area contributed by atoms with Crippen molar-refractivity contribution in [2.75, 3.05) is 6.61 Å². The lowest BCUT2D eigenvalue weighted by Crippen LogP contribution is -2.34. The minimum Gasteiger partial charge on any atom is -0.490 e. The predicted molar refractivity (Wildman–Crippen MR) is 59.6 cm³/mol. The van der Waals surface area contributed by atoms with Gasteiger partial charge in [-0.05, 0) is 18.2 Å². The Kier molecular flexibility index (Phi) is 4.79. The Labute approximate surface area is 105 Å². The smallest absolute Gasteiger partial charge is 0.417 e. The number of rotatable bonds is 4. The van der Waals surface area contributed by atoms with E-state index in [0.717, 1.165) is 4.47 Å². The summed E-state index contributed by atoms with van der Waals surface area (Å²) < 4.78 is 41.8. The molecular weight excluding hydrogens is 303 g/mol. The van der Waals surface area contributed by atoms with Crippen molar-refractivity contribution in [1.29, 1.82) is 0 Å². The molecule has 0 amide bonds. The number of hydrogen-bond acceptors (Lipinski definition) is 3.